The van der Waals surface area contributed by atoms with E-state index in [1.807, 2.05) is 43.3 Å². The van der Waals surface area contributed by atoms with Gasteiger partial charge < -0.3 is 4.74 Å². The molecule has 2 aromatic carbocycles. The van der Waals surface area contributed by atoms with Crippen molar-refractivity contribution in [2.75, 3.05) is 6.61 Å². The molecule has 2 aromatic rings. The molecule has 124 valence electrons. The number of rotatable bonds is 8. The van der Waals surface area contributed by atoms with E-state index in [-0.39, 0.29) is 33.0 Å². The first-order valence-corrected chi connectivity index (χ1v) is 9.29. The first-order chi connectivity index (χ1) is 11.1. The Labute approximate surface area is 163 Å². The van der Waals surface area contributed by atoms with E-state index in [0.717, 1.165) is 29.6 Å². The predicted molar refractivity (Wildman–Crippen MR) is 107 cm³/mol. The zero-order chi connectivity index (χ0) is 16.7. The number of hydrogen-bond donors (Lipinski definition) is 0. The Bertz CT molecular complexity index is 639. The van der Waals surface area contributed by atoms with Crippen LogP contribution in [0.4, 0.5) is 0 Å². The Morgan fingerprint density at radius 2 is 1.83 bits per heavy atom. The van der Waals surface area contributed by atoms with Gasteiger partial charge in [0.1, 0.15) is 5.75 Å². The molecular formula is C19H23ClLiO2P. The van der Waals surface area contributed by atoms with Gasteiger partial charge in [0.2, 0.25) is 0 Å². The molecule has 1 atom stereocenters. The Morgan fingerprint density at radius 3 is 2.46 bits per heavy atom. The van der Waals surface area contributed by atoms with Crippen LogP contribution in [0.2, 0.25) is 5.02 Å². The van der Waals surface area contributed by atoms with Crippen molar-refractivity contribution >= 4 is 49.9 Å². The molecule has 0 spiro atoms. The molecular weight excluding hydrogens is 334 g/mol. The van der Waals surface area contributed by atoms with Gasteiger partial charge in [-0.3, -0.25) is 4.79 Å². The van der Waals surface area contributed by atoms with E-state index in [1.165, 1.54) is 12.8 Å². The summed E-state index contributed by atoms with van der Waals surface area (Å²) in [6, 6.07) is 13.3. The van der Waals surface area contributed by atoms with Crippen molar-refractivity contribution in [1.29, 1.82) is 0 Å². The number of carbonyl (C=O) groups excluding carboxylic acids is 1. The maximum atomic E-state index is 12.5. The topological polar surface area (TPSA) is 26.3 Å². The first kappa shape index (κ1) is 21.3. The van der Waals surface area contributed by atoms with E-state index < -0.39 is 0 Å². The molecule has 0 bridgehead atoms. The maximum absolute atomic E-state index is 12.5. The zero-order valence-corrected chi connectivity index (χ0v) is 15.3. The molecule has 0 aliphatic carbocycles. The van der Waals surface area contributed by atoms with Crippen molar-refractivity contribution in [3.8, 4) is 5.75 Å². The van der Waals surface area contributed by atoms with E-state index in [2.05, 4.69) is 6.92 Å². The van der Waals surface area contributed by atoms with Crippen LogP contribution in [0.5, 0.6) is 5.75 Å². The van der Waals surface area contributed by atoms with Crippen LogP contribution >= 0.6 is 20.2 Å². The Balaban J connectivity index is 0.00000288. The molecule has 0 N–H and O–H groups in total. The van der Waals surface area contributed by atoms with Gasteiger partial charge in [-0.25, -0.2) is 0 Å². The Kier molecular flexibility index (Phi) is 9.72. The van der Waals surface area contributed by atoms with Gasteiger partial charge in [-0.1, -0.05) is 55.6 Å². The first-order valence-electron chi connectivity index (χ1n) is 7.91. The van der Waals surface area contributed by atoms with Crippen molar-refractivity contribution in [3.05, 3.63) is 58.6 Å². The molecule has 5 heteroatoms. The second kappa shape index (κ2) is 11.0. The SMILES string of the molecule is CCCCCOc1ccc(PC(=O)c2c(C)cccc2Cl)cc1.[LiH]. The quantitative estimate of drug-likeness (QED) is 0.389. The summed E-state index contributed by atoms with van der Waals surface area (Å²) in [5, 5.41) is 1.52. The minimum atomic E-state index is 0. The summed E-state index contributed by atoms with van der Waals surface area (Å²) in [5.41, 5.74) is 1.63. The van der Waals surface area contributed by atoms with Gasteiger partial charge in [0.15, 0.2) is 5.52 Å². The molecule has 0 amide bonds. The van der Waals surface area contributed by atoms with Crippen LogP contribution in [0.25, 0.3) is 0 Å². The number of ether oxygens (including phenoxy) is 1. The second-order valence-corrected chi connectivity index (χ2v) is 7.15. The van der Waals surface area contributed by atoms with Gasteiger partial charge in [0.25, 0.3) is 0 Å². The number of carbonyl (C=O) groups is 1. The van der Waals surface area contributed by atoms with Gasteiger partial charge in [-0.15, -0.1) is 0 Å². The van der Waals surface area contributed by atoms with E-state index in [9.17, 15) is 4.79 Å². The van der Waals surface area contributed by atoms with E-state index in [0.29, 0.717) is 10.6 Å². The van der Waals surface area contributed by atoms with Crippen LogP contribution in [0.3, 0.4) is 0 Å². The fraction of sp³-hybridized carbons (Fsp3) is 0.316. The average Bonchev–Trinajstić information content (AvgIpc) is 2.53. The van der Waals surface area contributed by atoms with Crippen molar-refractivity contribution in [2.24, 2.45) is 0 Å². The molecule has 0 fully saturated rings. The molecule has 0 saturated heterocycles. The van der Waals surface area contributed by atoms with Gasteiger partial charge in [-0.2, -0.15) is 0 Å². The van der Waals surface area contributed by atoms with Crippen molar-refractivity contribution in [2.45, 2.75) is 33.1 Å². The monoisotopic (exact) mass is 356 g/mol. The number of benzene rings is 2. The third-order valence-corrected chi connectivity index (χ3v) is 4.99. The van der Waals surface area contributed by atoms with Crippen LogP contribution in [0.15, 0.2) is 42.5 Å². The van der Waals surface area contributed by atoms with Crippen molar-refractivity contribution in [3.63, 3.8) is 0 Å². The summed E-state index contributed by atoms with van der Waals surface area (Å²) >= 11 is 6.16. The van der Waals surface area contributed by atoms with Gasteiger partial charge in [0.05, 0.1) is 11.6 Å². The predicted octanol–water partition coefficient (Wildman–Crippen LogP) is 4.71. The minimum absolute atomic E-state index is 0. The molecule has 0 saturated carbocycles. The Morgan fingerprint density at radius 1 is 1.12 bits per heavy atom. The number of halogens is 1. The number of aryl methyl sites for hydroxylation is 1. The molecule has 2 rings (SSSR count). The van der Waals surface area contributed by atoms with Crippen LogP contribution in [-0.4, -0.2) is 31.0 Å². The molecule has 1 unspecified atom stereocenters. The molecule has 2 nitrogen and oxygen atoms in total. The third kappa shape index (κ3) is 6.27. The summed E-state index contributed by atoms with van der Waals surface area (Å²) in [6.07, 6.45) is 3.45. The van der Waals surface area contributed by atoms with E-state index in [1.54, 1.807) is 6.07 Å². The number of unbranched alkanes of at least 4 members (excludes halogenated alkanes) is 2. The summed E-state index contributed by atoms with van der Waals surface area (Å²) in [4.78, 5) is 12.5. The second-order valence-electron chi connectivity index (χ2n) is 5.47. The Hall–Kier alpha value is -0.773. The fourth-order valence-corrected chi connectivity index (χ4v) is 3.73. The summed E-state index contributed by atoms with van der Waals surface area (Å²) < 4.78 is 5.69. The van der Waals surface area contributed by atoms with Crippen LogP contribution < -0.4 is 10.0 Å². The zero-order valence-electron chi connectivity index (χ0n) is 13.6. The fourth-order valence-electron chi connectivity index (χ4n) is 2.29. The van der Waals surface area contributed by atoms with E-state index >= 15 is 0 Å². The molecule has 0 aromatic heterocycles. The van der Waals surface area contributed by atoms with Crippen LogP contribution in [-0.2, 0) is 0 Å². The van der Waals surface area contributed by atoms with E-state index in [4.69, 9.17) is 16.3 Å². The van der Waals surface area contributed by atoms with Crippen molar-refractivity contribution in [1.82, 2.24) is 0 Å². The standard InChI is InChI=1S/C19H22ClO2P.Li.H/c1-3-4-5-13-22-15-9-11-16(12-10-15)23-19(21)18-14(2)7-6-8-17(18)20;;/h6-12,23H,3-5,13H2,1-2H3;;. The molecule has 0 radical (unpaired) electrons. The van der Waals surface area contributed by atoms with Crippen molar-refractivity contribution < 1.29 is 9.53 Å². The third-order valence-electron chi connectivity index (χ3n) is 3.58. The van der Waals surface area contributed by atoms with Crippen LogP contribution in [0.1, 0.15) is 42.1 Å². The van der Waals surface area contributed by atoms with Gasteiger partial charge in [-0.05, 0) is 51.0 Å². The summed E-state index contributed by atoms with van der Waals surface area (Å²) in [6.45, 7) is 4.83. The normalized spacial score (nSPS) is 10.6. The summed E-state index contributed by atoms with van der Waals surface area (Å²) in [5.74, 6) is 0.857. The average molecular weight is 357 g/mol. The summed E-state index contributed by atoms with van der Waals surface area (Å²) in [7, 11) is 0.0683. The van der Waals surface area contributed by atoms with Gasteiger partial charge >= 0.3 is 18.9 Å². The molecule has 0 aliphatic rings. The molecule has 0 aliphatic heterocycles. The molecule has 24 heavy (non-hydrogen) atoms. The van der Waals surface area contributed by atoms with Crippen LogP contribution in [0, 0.1) is 6.92 Å². The van der Waals surface area contributed by atoms with Gasteiger partial charge in [0, 0.05) is 5.56 Å². The number of hydrogen-bond acceptors (Lipinski definition) is 2. The molecule has 0 heterocycles.